The summed E-state index contributed by atoms with van der Waals surface area (Å²) in [5.41, 5.74) is 2.28. The Morgan fingerprint density at radius 1 is 1.22 bits per heavy atom. The minimum atomic E-state index is 0.0940. The monoisotopic (exact) mass is 247 g/mol. The molecule has 1 aromatic rings. The summed E-state index contributed by atoms with van der Waals surface area (Å²) >= 11 is 0. The number of carbonyl (C=O) groups excluding carboxylic acids is 1. The predicted molar refractivity (Wildman–Crippen MR) is 70.5 cm³/mol. The maximum absolute atomic E-state index is 12.5. The lowest BCUT2D eigenvalue weighted by atomic mass is 9.99. The Kier molecular flexibility index (Phi) is 3.64. The first kappa shape index (κ1) is 13.0. The van der Waals surface area contributed by atoms with E-state index in [2.05, 4.69) is 16.9 Å². The van der Waals surface area contributed by atoms with Gasteiger partial charge in [0.15, 0.2) is 0 Å². The van der Waals surface area contributed by atoms with Gasteiger partial charge in [0.1, 0.15) is 5.82 Å². The molecule has 0 radical (unpaired) electrons. The largest absolute Gasteiger partial charge is 0.338 e. The molecule has 4 heteroatoms. The lowest BCUT2D eigenvalue weighted by Crippen LogP contribution is -2.40. The molecule has 18 heavy (non-hydrogen) atoms. The summed E-state index contributed by atoms with van der Waals surface area (Å²) in [4.78, 5) is 23.1. The molecule has 0 aromatic carbocycles. The van der Waals surface area contributed by atoms with E-state index >= 15 is 0 Å². The Balaban J connectivity index is 2.28. The van der Waals surface area contributed by atoms with Crippen LogP contribution in [-0.2, 0) is 0 Å². The van der Waals surface area contributed by atoms with Crippen LogP contribution in [0.25, 0.3) is 0 Å². The molecule has 4 nitrogen and oxygen atoms in total. The highest BCUT2D eigenvalue weighted by atomic mass is 16.2. The van der Waals surface area contributed by atoms with E-state index in [9.17, 15) is 4.79 Å². The molecule has 1 aliphatic heterocycles. The van der Waals surface area contributed by atoms with Gasteiger partial charge in [0, 0.05) is 13.1 Å². The van der Waals surface area contributed by atoms with E-state index in [0.29, 0.717) is 11.5 Å². The van der Waals surface area contributed by atoms with Crippen molar-refractivity contribution >= 4 is 5.91 Å². The molecule has 1 aromatic heterocycles. The highest BCUT2D eigenvalue weighted by molar-refractivity contribution is 5.96. The van der Waals surface area contributed by atoms with Crippen LogP contribution in [0.5, 0.6) is 0 Å². The van der Waals surface area contributed by atoms with Crippen LogP contribution in [0.2, 0.25) is 0 Å². The average molecular weight is 247 g/mol. The van der Waals surface area contributed by atoms with E-state index in [4.69, 9.17) is 0 Å². The quantitative estimate of drug-likeness (QED) is 0.764. The number of amides is 1. The van der Waals surface area contributed by atoms with Crippen LogP contribution in [0.3, 0.4) is 0 Å². The molecule has 1 amide bonds. The second kappa shape index (κ2) is 5.04. The van der Waals surface area contributed by atoms with E-state index in [0.717, 1.165) is 36.7 Å². The Hall–Kier alpha value is -1.45. The smallest absolute Gasteiger partial charge is 0.257 e. The molecule has 1 saturated heterocycles. The third-order valence-electron chi connectivity index (χ3n) is 3.54. The molecule has 0 spiro atoms. The van der Waals surface area contributed by atoms with Gasteiger partial charge in [0.05, 0.1) is 17.0 Å². The highest BCUT2D eigenvalue weighted by Crippen LogP contribution is 2.20. The first-order valence-electron chi connectivity index (χ1n) is 6.60. The Morgan fingerprint density at radius 2 is 1.83 bits per heavy atom. The molecule has 0 aliphatic carbocycles. The van der Waals surface area contributed by atoms with Gasteiger partial charge in [-0.25, -0.2) is 9.97 Å². The third kappa shape index (κ3) is 2.52. The van der Waals surface area contributed by atoms with Crippen LogP contribution < -0.4 is 0 Å². The van der Waals surface area contributed by atoms with E-state index < -0.39 is 0 Å². The summed E-state index contributed by atoms with van der Waals surface area (Å²) in [7, 11) is 0. The second-order valence-corrected chi connectivity index (χ2v) is 5.32. The molecule has 1 fully saturated rings. The molecular weight excluding hydrogens is 226 g/mol. The van der Waals surface area contributed by atoms with Gasteiger partial charge in [0.25, 0.3) is 5.91 Å². The van der Waals surface area contributed by atoms with Gasteiger partial charge < -0.3 is 4.90 Å². The first-order chi connectivity index (χ1) is 8.49. The molecule has 0 saturated carbocycles. The zero-order valence-electron chi connectivity index (χ0n) is 11.7. The van der Waals surface area contributed by atoms with E-state index in [1.54, 1.807) is 0 Å². The number of carbonyl (C=O) groups is 1. The fourth-order valence-electron chi connectivity index (χ4n) is 2.73. The number of hydrogen-bond acceptors (Lipinski definition) is 3. The van der Waals surface area contributed by atoms with Crippen LogP contribution >= 0.6 is 0 Å². The summed E-state index contributed by atoms with van der Waals surface area (Å²) in [6.07, 6.45) is 2.31. The lowest BCUT2D eigenvalue weighted by molar-refractivity contribution is 0.0680. The number of nitrogens with zero attached hydrogens (tertiary/aromatic N) is 3. The normalized spacial score (nSPS) is 20.0. The minimum Gasteiger partial charge on any atom is -0.338 e. The van der Waals surface area contributed by atoms with Gasteiger partial charge in [0.2, 0.25) is 0 Å². The number of rotatable bonds is 1. The topological polar surface area (TPSA) is 46.1 Å². The molecule has 1 atom stereocenters. The summed E-state index contributed by atoms with van der Waals surface area (Å²) in [6.45, 7) is 9.55. The summed E-state index contributed by atoms with van der Waals surface area (Å²) in [6, 6.07) is 0. The van der Waals surface area contributed by atoms with E-state index in [1.807, 2.05) is 25.7 Å². The second-order valence-electron chi connectivity index (χ2n) is 5.32. The van der Waals surface area contributed by atoms with Gasteiger partial charge in [-0.05, 0) is 39.5 Å². The molecule has 1 unspecified atom stereocenters. The molecule has 2 rings (SSSR count). The van der Waals surface area contributed by atoms with Crippen molar-refractivity contribution in [2.24, 2.45) is 5.92 Å². The van der Waals surface area contributed by atoms with E-state index in [-0.39, 0.29) is 5.91 Å². The summed E-state index contributed by atoms with van der Waals surface area (Å²) in [5.74, 6) is 1.42. The van der Waals surface area contributed by atoms with Crippen molar-refractivity contribution in [3.63, 3.8) is 0 Å². The number of aromatic nitrogens is 2. The maximum Gasteiger partial charge on any atom is 0.257 e. The van der Waals surface area contributed by atoms with Crippen molar-refractivity contribution < 1.29 is 4.79 Å². The molecule has 2 heterocycles. The summed E-state index contributed by atoms with van der Waals surface area (Å²) in [5, 5.41) is 0. The SMILES string of the molecule is Cc1nc(C)c(C(=O)N2CCCC(C)C2)c(C)n1. The van der Waals surface area contributed by atoms with E-state index in [1.165, 1.54) is 6.42 Å². The van der Waals surface area contributed by atoms with Crippen molar-refractivity contribution in [3.8, 4) is 0 Å². The van der Waals surface area contributed by atoms with Gasteiger partial charge in [-0.1, -0.05) is 6.92 Å². The zero-order chi connectivity index (χ0) is 13.3. The Bertz CT molecular complexity index is 447. The lowest BCUT2D eigenvalue weighted by Gasteiger charge is -2.31. The molecule has 98 valence electrons. The third-order valence-corrected chi connectivity index (χ3v) is 3.54. The molecular formula is C14H21N3O. The van der Waals surface area contributed by atoms with Crippen molar-refractivity contribution in [1.29, 1.82) is 0 Å². The van der Waals surface area contributed by atoms with Gasteiger partial charge in [-0.3, -0.25) is 4.79 Å². The van der Waals surface area contributed by atoms with Crippen molar-refractivity contribution in [3.05, 3.63) is 22.8 Å². The van der Waals surface area contributed by atoms with Gasteiger partial charge in [-0.15, -0.1) is 0 Å². The number of hydrogen-bond donors (Lipinski definition) is 0. The zero-order valence-corrected chi connectivity index (χ0v) is 11.7. The van der Waals surface area contributed by atoms with Gasteiger partial charge in [-0.2, -0.15) is 0 Å². The minimum absolute atomic E-state index is 0.0940. The van der Waals surface area contributed by atoms with Crippen molar-refractivity contribution in [2.45, 2.75) is 40.5 Å². The van der Waals surface area contributed by atoms with Crippen molar-refractivity contribution in [1.82, 2.24) is 14.9 Å². The fraction of sp³-hybridized carbons (Fsp3) is 0.643. The molecule has 0 N–H and O–H groups in total. The van der Waals surface area contributed by atoms with Crippen LogP contribution in [-0.4, -0.2) is 33.9 Å². The maximum atomic E-state index is 12.5. The standard InChI is InChI=1S/C14H21N3O/c1-9-6-5-7-17(8-9)14(18)13-10(2)15-12(4)16-11(13)3/h9H,5-8H2,1-4H3. The number of piperidine rings is 1. The molecule has 1 aliphatic rings. The van der Waals surface area contributed by atoms with Gasteiger partial charge >= 0.3 is 0 Å². The van der Waals surface area contributed by atoms with Crippen molar-refractivity contribution in [2.75, 3.05) is 13.1 Å². The average Bonchev–Trinajstić information content (AvgIpc) is 2.27. The van der Waals surface area contributed by atoms with Crippen LogP contribution in [0.4, 0.5) is 0 Å². The molecule has 0 bridgehead atoms. The van der Waals surface area contributed by atoms with Crippen LogP contribution in [0, 0.1) is 26.7 Å². The number of aryl methyl sites for hydroxylation is 3. The predicted octanol–water partition coefficient (Wildman–Crippen LogP) is 2.27. The first-order valence-corrected chi connectivity index (χ1v) is 6.60. The number of likely N-dealkylation sites (tertiary alicyclic amines) is 1. The highest BCUT2D eigenvalue weighted by Gasteiger charge is 2.25. The Labute approximate surface area is 108 Å². The fourth-order valence-corrected chi connectivity index (χ4v) is 2.73. The summed E-state index contributed by atoms with van der Waals surface area (Å²) < 4.78 is 0. The Morgan fingerprint density at radius 3 is 2.39 bits per heavy atom. The van der Waals surface area contributed by atoms with Crippen LogP contribution in [0.1, 0.15) is 47.3 Å². The van der Waals surface area contributed by atoms with Crippen LogP contribution in [0.15, 0.2) is 0 Å².